The predicted octanol–water partition coefficient (Wildman–Crippen LogP) is 4.04. The number of hydrogen-bond donors (Lipinski definition) is 0. The van der Waals surface area contributed by atoms with Crippen LogP contribution in [0.4, 0.5) is 5.69 Å². The minimum Gasteiger partial charge on any atom is -0.379 e. The molecule has 2 heterocycles. The molecule has 168 valence electrons. The predicted molar refractivity (Wildman–Crippen MR) is 126 cm³/mol. The fourth-order valence-electron chi connectivity index (χ4n) is 4.60. The number of aromatic nitrogens is 1. The summed E-state index contributed by atoms with van der Waals surface area (Å²) in [4.78, 5) is 6.14. The Hall–Kier alpha value is -2.26. The first-order valence-corrected chi connectivity index (χ1v) is 13.3. The van der Waals surface area contributed by atoms with Gasteiger partial charge in [-0.05, 0) is 61.6 Å². The van der Waals surface area contributed by atoms with Crippen molar-refractivity contribution in [2.24, 2.45) is 4.99 Å². The fraction of sp³-hybridized carbons (Fsp3) is 0.375. The molecule has 1 unspecified atom stereocenters. The van der Waals surface area contributed by atoms with Crippen LogP contribution in [0.3, 0.4) is 0 Å². The van der Waals surface area contributed by atoms with Crippen molar-refractivity contribution in [2.45, 2.75) is 37.1 Å². The van der Waals surface area contributed by atoms with Crippen molar-refractivity contribution in [3.05, 3.63) is 75.5 Å². The second-order valence-electron chi connectivity index (χ2n) is 8.26. The first kappa shape index (κ1) is 21.6. The SMILES string of the molecule is Cc1csc(=Nc2ccc(S(=O)(=O)N3CCOCC3)cc2)n1C1CCCc2ccccc21. The maximum absolute atomic E-state index is 12.9. The fourth-order valence-corrected chi connectivity index (χ4v) is 6.94. The molecule has 1 aliphatic carbocycles. The molecule has 3 aromatic rings. The van der Waals surface area contributed by atoms with Crippen molar-refractivity contribution in [1.82, 2.24) is 8.87 Å². The summed E-state index contributed by atoms with van der Waals surface area (Å²) in [5.74, 6) is 0. The molecule has 0 saturated carbocycles. The van der Waals surface area contributed by atoms with Gasteiger partial charge in [-0.2, -0.15) is 4.31 Å². The van der Waals surface area contributed by atoms with Crippen molar-refractivity contribution in [3.8, 4) is 0 Å². The van der Waals surface area contributed by atoms with Crippen molar-refractivity contribution in [2.75, 3.05) is 26.3 Å². The molecule has 1 aromatic heterocycles. The van der Waals surface area contributed by atoms with Gasteiger partial charge in [0.2, 0.25) is 10.0 Å². The van der Waals surface area contributed by atoms with Crippen LogP contribution in [0, 0.1) is 6.92 Å². The van der Waals surface area contributed by atoms with Gasteiger partial charge in [-0.1, -0.05) is 24.3 Å². The first-order valence-electron chi connectivity index (χ1n) is 11.0. The second kappa shape index (κ2) is 8.94. The number of benzene rings is 2. The summed E-state index contributed by atoms with van der Waals surface area (Å²) in [5, 5.41) is 2.15. The van der Waals surface area contributed by atoms with Gasteiger partial charge >= 0.3 is 0 Å². The molecule has 1 fully saturated rings. The van der Waals surface area contributed by atoms with Gasteiger partial charge in [-0.25, -0.2) is 13.4 Å². The quantitative estimate of drug-likeness (QED) is 0.579. The number of fused-ring (bicyclic) bond motifs is 1. The van der Waals surface area contributed by atoms with Gasteiger partial charge in [0.1, 0.15) is 0 Å². The third-order valence-corrected chi connectivity index (χ3v) is 9.11. The number of rotatable bonds is 4. The van der Waals surface area contributed by atoms with Crippen molar-refractivity contribution >= 4 is 27.0 Å². The molecule has 6 nitrogen and oxygen atoms in total. The molecule has 1 saturated heterocycles. The van der Waals surface area contributed by atoms with Crippen LogP contribution in [-0.4, -0.2) is 43.6 Å². The van der Waals surface area contributed by atoms with Crippen LogP contribution in [0.25, 0.3) is 0 Å². The number of aryl methyl sites for hydroxylation is 2. The van der Waals surface area contributed by atoms with Crippen LogP contribution in [0.5, 0.6) is 0 Å². The molecule has 5 rings (SSSR count). The molecule has 32 heavy (non-hydrogen) atoms. The average molecular weight is 470 g/mol. The molecular weight excluding hydrogens is 442 g/mol. The van der Waals surface area contributed by atoms with Gasteiger partial charge in [0.15, 0.2) is 4.80 Å². The lowest BCUT2D eigenvalue weighted by atomic mass is 9.87. The number of ether oxygens (including phenoxy) is 1. The lowest BCUT2D eigenvalue weighted by Crippen LogP contribution is -2.40. The summed E-state index contributed by atoms with van der Waals surface area (Å²) in [7, 11) is -3.50. The van der Waals surface area contributed by atoms with Gasteiger partial charge in [0.05, 0.1) is 29.8 Å². The second-order valence-corrected chi connectivity index (χ2v) is 11.0. The molecule has 2 aliphatic rings. The van der Waals surface area contributed by atoms with E-state index in [4.69, 9.17) is 9.73 Å². The highest BCUT2D eigenvalue weighted by Gasteiger charge is 2.26. The van der Waals surface area contributed by atoms with Gasteiger partial charge in [0, 0.05) is 24.2 Å². The summed E-state index contributed by atoms with van der Waals surface area (Å²) < 4.78 is 34.9. The van der Waals surface area contributed by atoms with Gasteiger partial charge < -0.3 is 9.30 Å². The Bertz CT molecular complexity index is 1270. The highest BCUT2D eigenvalue weighted by Crippen LogP contribution is 2.33. The summed E-state index contributed by atoms with van der Waals surface area (Å²) >= 11 is 1.63. The van der Waals surface area contributed by atoms with E-state index in [0.717, 1.165) is 29.8 Å². The van der Waals surface area contributed by atoms with Crippen LogP contribution in [0.1, 0.15) is 35.7 Å². The average Bonchev–Trinajstić information content (AvgIpc) is 3.19. The normalized spacial score (nSPS) is 20.3. The van der Waals surface area contributed by atoms with E-state index in [1.807, 2.05) is 0 Å². The Morgan fingerprint density at radius 2 is 1.81 bits per heavy atom. The summed E-state index contributed by atoms with van der Waals surface area (Å²) in [6.45, 7) is 3.80. The third-order valence-electron chi connectivity index (χ3n) is 6.24. The number of nitrogens with zero attached hydrogens (tertiary/aromatic N) is 3. The number of hydrogen-bond acceptors (Lipinski definition) is 5. The van der Waals surface area contributed by atoms with Crippen LogP contribution in [0.15, 0.2) is 63.8 Å². The number of thiazole rings is 1. The standard InChI is InChI=1S/C24H27N3O3S2/c1-18-17-31-24(27(18)23-8-4-6-19-5-2-3-7-22(19)23)25-20-9-11-21(12-10-20)32(28,29)26-13-15-30-16-14-26/h2-3,5,7,9-12,17,23H,4,6,8,13-16H2,1H3. The van der Waals surface area contributed by atoms with Crippen LogP contribution in [0.2, 0.25) is 0 Å². The number of morpholine rings is 1. The van der Waals surface area contributed by atoms with Crippen LogP contribution >= 0.6 is 11.3 Å². The topological polar surface area (TPSA) is 63.9 Å². The Kier molecular flexibility index (Phi) is 6.03. The van der Waals surface area contributed by atoms with E-state index >= 15 is 0 Å². The zero-order chi connectivity index (χ0) is 22.1. The maximum Gasteiger partial charge on any atom is 0.243 e. The smallest absolute Gasteiger partial charge is 0.243 e. The Morgan fingerprint density at radius 3 is 2.59 bits per heavy atom. The minimum absolute atomic E-state index is 0.283. The van der Waals surface area contributed by atoms with E-state index < -0.39 is 10.0 Å². The lowest BCUT2D eigenvalue weighted by molar-refractivity contribution is 0.0730. The number of sulfonamides is 1. The van der Waals surface area contributed by atoms with E-state index in [9.17, 15) is 8.42 Å². The van der Waals surface area contributed by atoms with E-state index in [1.54, 1.807) is 35.6 Å². The summed E-state index contributed by atoms with van der Waals surface area (Å²) in [5.41, 5.74) is 4.76. The van der Waals surface area contributed by atoms with Crippen LogP contribution < -0.4 is 4.80 Å². The van der Waals surface area contributed by atoms with Crippen molar-refractivity contribution in [3.63, 3.8) is 0 Å². The molecular formula is C24H27N3O3S2. The summed E-state index contributed by atoms with van der Waals surface area (Å²) in [6.07, 6.45) is 3.39. The first-order chi connectivity index (χ1) is 15.5. The molecule has 1 aliphatic heterocycles. The highest BCUT2D eigenvalue weighted by molar-refractivity contribution is 7.89. The van der Waals surface area contributed by atoms with E-state index in [-0.39, 0.29) is 6.04 Å². The van der Waals surface area contributed by atoms with Crippen molar-refractivity contribution < 1.29 is 13.2 Å². The molecule has 8 heteroatoms. The minimum atomic E-state index is -3.50. The zero-order valence-electron chi connectivity index (χ0n) is 18.1. The molecule has 2 aromatic carbocycles. The Labute approximate surface area is 192 Å². The van der Waals surface area contributed by atoms with E-state index in [1.165, 1.54) is 21.1 Å². The largest absolute Gasteiger partial charge is 0.379 e. The zero-order valence-corrected chi connectivity index (χ0v) is 19.7. The van der Waals surface area contributed by atoms with Crippen LogP contribution in [-0.2, 0) is 21.2 Å². The monoisotopic (exact) mass is 469 g/mol. The molecule has 0 bridgehead atoms. The highest BCUT2D eigenvalue weighted by atomic mass is 32.2. The molecule has 1 atom stereocenters. The Balaban J connectivity index is 1.47. The van der Waals surface area contributed by atoms with E-state index in [0.29, 0.717) is 31.2 Å². The van der Waals surface area contributed by atoms with Gasteiger partial charge in [-0.15, -0.1) is 11.3 Å². The molecule has 0 radical (unpaired) electrons. The molecule has 0 amide bonds. The van der Waals surface area contributed by atoms with Crippen molar-refractivity contribution in [1.29, 1.82) is 0 Å². The molecule has 0 N–H and O–H groups in total. The molecule has 0 spiro atoms. The lowest BCUT2D eigenvalue weighted by Gasteiger charge is -2.27. The summed E-state index contributed by atoms with van der Waals surface area (Å²) in [6, 6.07) is 15.9. The van der Waals surface area contributed by atoms with Gasteiger partial charge in [-0.3, -0.25) is 0 Å². The Morgan fingerprint density at radius 1 is 1.06 bits per heavy atom. The van der Waals surface area contributed by atoms with Gasteiger partial charge in [0.25, 0.3) is 0 Å². The maximum atomic E-state index is 12.9. The third kappa shape index (κ3) is 4.08. The van der Waals surface area contributed by atoms with E-state index in [2.05, 4.69) is 41.1 Å².